The first-order valence-corrected chi connectivity index (χ1v) is 12.6. The second-order valence-electron chi connectivity index (χ2n) is 8.52. The molecule has 0 N–H and O–H groups in total. The molecule has 6 aromatic rings. The molecule has 3 heterocycles. The summed E-state index contributed by atoms with van der Waals surface area (Å²) in [5, 5.41) is 3.38. The molecule has 0 fully saturated rings. The molecule has 37 heavy (non-hydrogen) atoms. The van der Waals surface area contributed by atoms with E-state index in [2.05, 4.69) is 33.2 Å². The Bertz CT molecular complexity index is 1470. The third-order valence-corrected chi connectivity index (χ3v) is 6.42. The van der Waals surface area contributed by atoms with E-state index < -0.39 is 0 Å². The van der Waals surface area contributed by atoms with Crippen molar-refractivity contribution in [3.05, 3.63) is 108 Å². The Morgan fingerprint density at radius 1 is 0.459 bits per heavy atom. The summed E-state index contributed by atoms with van der Waals surface area (Å²) in [5.74, 6) is 0. The molecule has 3 nitrogen and oxygen atoms in total. The quantitative estimate of drug-likeness (QED) is 0.153. The number of rotatable bonds is 0. The summed E-state index contributed by atoms with van der Waals surface area (Å²) < 4.78 is 0. The summed E-state index contributed by atoms with van der Waals surface area (Å²) in [4.78, 5) is 15.3. The Labute approximate surface area is 247 Å². The normalized spacial score (nSPS) is 10.1. The van der Waals surface area contributed by atoms with Crippen LogP contribution in [0.3, 0.4) is 0 Å². The molecule has 6 rings (SSSR count). The van der Waals surface area contributed by atoms with Crippen molar-refractivity contribution < 1.29 is 20.1 Å². The van der Waals surface area contributed by atoms with Crippen LogP contribution in [0.5, 0.6) is 0 Å². The number of fused-ring (bicyclic) bond motifs is 3. The number of aryl methyl sites for hydroxylation is 3. The number of pyridine rings is 3. The minimum atomic E-state index is 0. The fraction of sp³-hybridized carbons (Fsp3) is 0.100. The molecule has 3 aromatic heterocycles. The molecule has 0 spiro atoms. The third kappa shape index (κ3) is 7.37. The van der Waals surface area contributed by atoms with Gasteiger partial charge in [-0.2, -0.15) is 0 Å². The molecule has 0 amide bonds. The van der Waals surface area contributed by atoms with E-state index >= 15 is 0 Å². The van der Waals surface area contributed by atoms with E-state index in [1.165, 1.54) is 16.7 Å². The Morgan fingerprint density at radius 3 is 1.00 bits per heavy atom. The molecular weight excluding hydrogens is 691 g/mol. The van der Waals surface area contributed by atoms with Crippen molar-refractivity contribution in [1.82, 2.24) is 15.0 Å². The van der Waals surface area contributed by atoms with E-state index in [0.29, 0.717) is 0 Å². The molecule has 0 aliphatic heterocycles. The number of benzene rings is 3. The minimum absolute atomic E-state index is 0. The zero-order chi connectivity index (χ0) is 25.7. The summed E-state index contributed by atoms with van der Waals surface area (Å²) in [6.07, 6.45) is 5.54. The van der Waals surface area contributed by atoms with Crippen molar-refractivity contribution in [2.45, 2.75) is 35.5 Å². The second-order valence-corrected chi connectivity index (χ2v) is 9.84. The molecule has 0 saturated heterocycles. The van der Waals surface area contributed by atoms with Crippen molar-refractivity contribution in [3.63, 3.8) is 0 Å². The number of para-hydroxylation sites is 3. The molecule has 0 aliphatic rings. The van der Waals surface area contributed by atoms with E-state index in [-0.39, 0.29) is 20.1 Å². The molecular formula is C30H24IrN3S3. The molecule has 0 unspecified atom stereocenters. The minimum Gasteiger partial charge on any atom is -0.778 e. The van der Waals surface area contributed by atoms with Crippen LogP contribution in [0.1, 0.15) is 16.7 Å². The van der Waals surface area contributed by atoms with Gasteiger partial charge in [-0.1, -0.05) is 54.6 Å². The largest absolute Gasteiger partial charge is 3.00 e. The number of aromatic nitrogens is 3. The van der Waals surface area contributed by atoms with E-state index in [1.807, 2.05) is 94.0 Å². The van der Waals surface area contributed by atoms with Gasteiger partial charge in [-0.3, -0.25) is 15.0 Å². The average molecular weight is 715 g/mol. The van der Waals surface area contributed by atoms with E-state index in [9.17, 15) is 0 Å². The van der Waals surface area contributed by atoms with Gasteiger partial charge >= 0.3 is 20.1 Å². The van der Waals surface area contributed by atoms with Gasteiger partial charge in [0, 0.05) is 18.6 Å². The maximum atomic E-state index is 5.13. The fourth-order valence-corrected chi connectivity index (χ4v) is 4.48. The molecule has 0 bridgehead atoms. The molecule has 0 atom stereocenters. The topological polar surface area (TPSA) is 38.7 Å². The van der Waals surface area contributed by atoms with E-state index in [0.717, 1.165) is 47.4 Å². The van der Waals surface area contributed by atoms with Gasteiger partial charge in [0.2, 0.25) is 0 Å². The smallest absolute Gasteiger partial charge is 0.778 e. The summed E-state index contributed by atoms with van der Waals surface area (Å²) in [7, 11) is 0. The van der Waals surface area contributed by atoms with Crippen LogP contribution in [0.2, 0.25) is 0 Å². The Morgan fingerprint density at radius 2 is 0.730 bits per heavy atom. The van der Waals surface area contributed by atoms with Crippen molar-refractivity contribution in [3.8, 4) is 0 Å². The first kappa shape index (κ1) is 28.8. The summed E-state index contributed by atoms with van der Waals surface area (Å²) in [6, 6.07) is 24.0. The number of hydrogen-bond donors (Lipinski definition) is 0. The van der Waals surface area contributed by atoms with Crippen molar-refractivity contribution in [1.29, 1.82) is 0 Å². The Hall–Kier alpha value is -2.80. The SMILES string of the molecule is Cc1cnc2c([S-])cccc2c1.Cc1cnc2c([S-])cccc2c1.Cc1cnc2c([S-])cccc2c1.[Ir+3]. The number of nitrogens with zero attached hydrogens (tertiary/aromatic N) is 3. The van der Waals surface area contributed by atoms with Crippen LogP contribution in [0, 0.1) is 20.8 Å². The fourth-order valence-electron chi connectivity index (χ4n) is 3.73. The van der Waals surface area contributed by atoms with Crippen LogP contribution >= 0.6 is 0 Å². The third-order valence-electron chi connectivity index (χ3n) is 5.43. The van der Waals surface area contributed by atoms with Crippen LogP contribution in [0.4, 0.5) is 0 Å². The molecule has 0 saturated carbocycles. The summed E-state index contributed by atoms with van der Waals surface area (Å²) in [6.45, 7) is 6.09. The molecule has 0 aliphatic carbocycles. The van der Waals surface area contributed by atoms with Crippen LogP contribution in [0.25, 0.3) is 32.7 Å². The summed E-state index contributed by atoms with van der Waals surface area (Å²) in [5.41, 5.74) is 6.30. The average Bonchev–Trinajstić information content (AvgIpc) is 2.85. The first-order chi connectivity index (χ1) is 17.3. The van der Waals surface area contributed by atoms with Crippen molar-refractivity contribution >= 4 is 70.6 Å². The van der Waals surface area contributed by atoms with Gasteiger partial charge in [0.1, 0.15) is 0 Å². The first-order valence-electron chi connectivity index (χ1n) is 11.4. The maximum Gasteiger partial charge on any atom is 3.00 e. The standard InChI is InChI=1S/3C10H9NS.Ir/c3*1-7-5-8-3-2-4-9(12)10(8)11-6-7;/h3*2-6,12H,1H3;/q;;;+3/p-3. The van der Waals surface area contributed by atoms with Crippen LogP contribution in [0.15, 0.2) is 106 Å². The summed E-state index contributed by atoms with van der Waals surface area (Å²) >= 11 is 15.4. The second kappa shape index (κ2) is 13.1. The van der Waals surface area contributed by atoms with Gasteiger partial charge < -0.3 is 37.9 Å². The molecule has 0 radical (unpaired) electrons. The van der Waals surface area contributed by atoms with Crippen LogP contribution in [-0.2, 0) is 58.0 Å². The van der Waals surface area contributed by atoms with Gasteiger partial charge in [-0.25, -0.2) is 0 Å². The van der Waals surface area contributed by atoms with Crippen LogP contribution < -0.4 is 0 Å². The van der Waals surface area contributed by atoms with Gasteiger partial charge in [-0.15, -0.1) is 14.7 Å². The molecule has 3 aromatic carbocycles. The van der Waals surface area contributed by atoms with E-state index in [1.54, 1.807) is 0 Å². The van der Waals surface area contributed by atoms with Gasteiger partial charge in [0.25, 0.3) is 0 Å². The maximum absolute atomic E-state index is 5.13. The van der Waals surface area contributed by atoms with Gasteiger partial charge in [0.15, 0.2) is 0 Å². The van der Waals surface area contributed by atoms with Crippen molar-refractivity contribution in [2.24, 2.45) is 0 Å². The van der Waals surface area contributed by atoms with Gasteiger partial charge in [-0.05, 0) is 71.8 Å². The zero-order valence-corrected chi connectivity index (χ0v) is 25.4. The van der Waals surface area contributed by atoms with Crippen LogP contribution in [-0.4, -0.2) is 15.0 Å². The van der Waals surface area contributed by atoms with Gasteiger partial charge in [0.05, 0.1) is 16.6 Å². The molecule has 7 heteroatoms. The molecule has 186 valence electrons. The predicted molar refractivity (Wildman–Crippen MR) is 156 cm³/mol. The van der Waals surface area contributed by atoms with Crippen molar-refractivity contribution in [2.75, 3.05) is 0 Å². The number of hydrogen-bond acceptors (Lipinski definition) is 6. The van der Waals surface area contributed by atoms with E-state index in [4.69, 9.17) is 37.9 Å². The monoisotopic (exact) mass is 715 g/mol. The zero-order valence-electron chi connectivity index (χ0n) is 20.6. The Balaban J connectivity index is 0.000000152. The Kier molecular flexibility index (Phi) is 10.2. The predicted octanol–water partition coefficient (Wildman–Crippen LogP) is 7.34.